The van der Waals surface area contributed by atoms with E-state index in [1.165, 1.54) is 19.2 Å². The molecular formula is C14H15ClFN3O2. The summed E-state index contributed by atoms with van der Waals surface area (Å²) in [6.45, 7) is 0. The number of fused-ring (bicyclic) bond motifs is 1. The minimum Gasteiger partial charge on any atom is -0.360 e. The number of likely N-dealkylation sites (N-methyl/N-ethyl adjacent to an activating group) is 1. The minimum atomic E-state index is -0.631. The molecule has 5 nitrogen and oxygen atoms in total. The molecule has 1 fully saturated rings. The summed E-state index contributed by atoms with van der Waals surface area (Å²) in [6, 6.07) is 1.52. The van der Waals surface area contributed by atoms with Crippen LogP contribution in [0.2, 0.25) is 5.02 Å². The van der Waals surface area contributed by atoms with E-state index in [0.717, 1.165) is 10.5 Å². The van der Waals surface area contributed by atoms with Crippen molar-refractivity contribution in [1.29, 1.82) is 0 Å². The van der Waals surface area contributed by atoms with Crippen LogP contribution in [-0.4, -0.2) is 34.9 Å². The van der Waals surface area contributed by atoms with Gasteiger partial charge in [0, 0.05) is 25.1 Å². The van der Waals surface area contributed by atoms with Gasteiger partial charge >= 0.3 is 6.03 Å². The normalized spacial score (nSPS) is 18.0. The monoisotopic (exact) mass is 311 g/mol. The Hall–Kier alpha value is -2.08. The fourth-order valence-corrected chi connectivity index (χ4v) is 2.64. The molecule has 1 atom stereocenters. The fourth-order valence-electron chi connectivity index (χ4n) is 2.38. The Labute approximate surface area is 126 Å². The molecule has 1 saturated heterocycles. The second-order valence-electron chi connectivity index (χ2n) is 4.73. The van der Waals surface area contributed by atoms with Crippen molar-refractivity contribution in [2.45, 2.75) is 19.9 Å². The molecule has 112 valence electrons. The zero-order chi connectivity index (χ0) is 14.4. The molecule has 0 bridgehead atoms. The van der Waals surface area contributed by atoms with E-state index >= 15 is 0 Å². The zero-order valence-electron chi connectivity index (χ0n) is 10.5. The number of nitrogens with one attached hydrogen (secondary N) is 2. The van der Waals surface area contributed by atoms with Gasteiger partial charge in [-0.15, -0.1) is 0 Å². The fraction of sp³-hybridized carbons (Fsp3) is 0.286. The molecule has 1 aromatic carbocycles. The van der Waals surface area contributed by atoms with Crippen molar-refractivity contribution >= 4 is 34.4 Å². The summed E-state index contributed by atoms with van der Waals surface area (Å²) in [5.74, 6) is -0.742. The summed E-state index contributed by atoms with van der Waals surface area (Å²) in [7, 11) is 1.42. The third kappa shape index (κ3) is 2.47. The van der Waals surface area contributed by atoms with Crippen molar-refractivity contribution in [3.05, 3.63) is 34.7 Å². The Morgan fingerprint density at radius 2 is 2.10 bits per heavy atom. The van der Waals surface area contributed by atoms with Gasteiger partial charge in [-0.25, -0.2) is 9.18 Å². The molecule has 0 aliphatic carbocycles. The second-order valence-corrected chi connectivity index (χ2v) is 5.13. The average molecular weight is 312 g/mol. The van der Waals surface area contributed by atoms with E-state index in [1.54, 1.807) is 6.20 Å². The van der Waals surface area contributed by atoms with E-state index in [4.69, 9.17) is 11.6 Å². The predicted molar refractivity (Wildman–Crippen MR) is 78.8 cm³/mol. The quantitative estimate of drug-likeness (QED) is 0.838. The van der Waals surface area contributed by atoms with Crippen LogP contribution in [0.25, 0.3) is 10.9 Å². The number of carbonyl (C=O) groups is 2. The summed E-state index contributed by atoms with van der Waals surface area (Å²) < 4.78 is 13.4. The van der Waals surface area contributed by atoms with Crippen molar-refractivity contribution in [2.24, 2.45) is 0 Å². The molecule has 21 heavy (non-hydrogen) atoms. The molecule has 0 radical (unpaired) electrons. The maximum Gasteiger partial charge on any atom is 0.324 e. The number of hydrogen-bond acceptors (Lipinski definition) is 2. The van der Waals surface area contributed by atoms with Gasteiger partial charge in [0.05, 0.1) is 10.5 Å². The number of carbonyl (C=O) groups excluding carboxylic acids is 2. The van der Waals surface area contributed by atoms with Gasteiger partial charge in [0.15, 0.2) is 0 Å². The van der Waals surface area contributed by atoms with Gasteiger partial charge < -0.3 is 10.3 Å². The first-order valence-electron chi connectivity index (χ1n) is 6.00. The van der Waals surface area contributed by atoms with Gasteiger partial charge in [0.1, 0.15) is 11.9 Å². The Bertz CT molecular complexity index is 728. The Kier molecular flexibility index (Phi) is 3.91. The van der Waals surface area contributed by atoms with Crippen molar-refractivity contribution < 1.29 is 14.0 Å². The largest absolute Gasteiger partial charge is 0.360 e. The number of hydrogen-bond donors (Lipinski definition) is 2. The number of halogens is 2. The lowest BCUT2D eigenvalue weighted by Gasteiger charge is -2.07. The lowest BCUT2D eigenvalue weighted by molar-refractivity contribution is -0.126. The molecule has 2 heterocycles. The number of aromatic nitrogens is 1. The summed E-state index contributed by atoms with van der Waals surface area (Å²) in [5.41, 5.74) is 1.35. The Morgan fingerprint density at radius 3 is 2.71 bits per heavy atom. The first kappa shape index (κ1) is 15.3. The minimum absolute atomic E-state index is 0. The van der Waals surface area contributed by atoms with Crippen molar-refractivity contribution in [3.63, 3.8) is 0 Å². The van der Waals surface area contributed by atoms with E-state index in [2.05, 4.69) is 10.3 Å². The lowest BCUT2D eigenvalue weighted by Crippen LogP contribution is -2.31. The molecule has 2 aromatic rings. The zero-order valence-corrected chi connectivity index (χ0v) is 11.3. The number of amides is 3. The average Bonchev–Trinajstić information content (AvgIpc) is 2.88. The lowest BCUT2D eigenvalue weighted by atomic mass is 10.0. The third-order valence-corrected chi connectivity index (χ3v) is 3.74. The van der Waals surface area contributed by atoms with E-state index in [1.807, 2.05) is 0 Å². The second kappa shape index (κ2) is 5.37. The number of nitrogens with zero attached hydrogens (tertiary/aromatic N) is 1. The molecule has 3 rings (SSSR count). The van der Waals surface area contributed by atoms with Gasteiger partial charge in [0.25, 0.3) is 5.91 Å². The van der Waals surface area contributed by atoms with E-state index in [-0.39, 0.29) is 24.8 Å². The van der Waals surface area contributed by atoms with Crippen LogP contribution in [0.5, 0.6) is 0 Å². The number of H-pyrrole nitrogens is 1. The highest BCUT2D eigenvalue weighted by Gasteiger charge is 2.35. The van der Waals surface area contributed by atoms with Crippen LogP contribution in [0, 0.1) is 5.82 Å². The SMILES string of the molecule is C.CN1C(=O)N[C@H](Cc2c[nH]c3c(Cl)cc(F)cc23)C1=O. The van der Waals surface area contributed by atoms with Crippen LogP contribution in [0.3, 0.4) is 0 Å². The molecule has 1 aliphatic heterocycles. The maximum atomic E-state index is 13.4. The van der Waals surface area contributed by atoms with Gasteiger partial charge in [0.2, 0.25) is 0 Å². The van der Waals surface area contributed by atoms with Crippen LogP contribution < -0.4 is 5.32 Å². The topological polar surface area (TPSA) is 65.2 Å². The Morgan fingerprint density at radius 1 is 1.38 bits per heavy atom. The van der Waals surface area contributed by atoms with E-state index < -0.39 is 17.9 Å². The highest BCUT2D eigenvalue weighted by atomic mass is 35.5. The Balaban J connectivity index is 0.00000161. The van der Waals surface area contributed by atoms with Crippen LogP contribution in [0.4, 0.5) is 9.18 Å². The van der Waals surface area contributed by atoms with Crippen LogP contribution in [0.15, 0.2) is 18.3 Å². The molecule has 7 heteroatoms. The number of urea groups is 1. The smallest absolute Gasteiger partial charge is 0.324 e. The molecular weight excluding hydrogens is 297 g/mol. The molecule has 2 N–H and O–H groups in total. The highest BCUT2D eigenvalue weighted by molar-refractivity contribution is 6.35. The molecule has 1 aromatic heterocycles. The summed E-state index contributed by atoms with van der Waals surface area (Å²) in [5, 5.41) is 3.48. The number of aromatic amines is 1. The van der Waals surface area contributed by atoms with Gasteiger partial charge in [-0.05, 0) is 17.7 Å². The van der Waals surface area contributed by atoms with Crippen LogP contribution >= 0.6 is 11.6 Å². The van der Waals surface area contributed by atoms with Crippen molar-refractivity contribution in [2.75, 3.05) is 7.05 Å². The van der Waals surface area contributed by atoms with E-state index in [9.17, 15) is 14.0 Å². The van der Waals surface area contributed by atoms with Gasteiger partial charge in [-0.2, -0.15) is 0 Å². The summed E-state index contributed by atoms with van der Waals surface area (Å²) in [4.78, 5) is 27.2. The first-order valence-corrected chi connectivity index (χ1v) is 6.38. The van der Waals surface area contributed by atoms with Crippen LogP contribution in [-0.2, 0) is 11.2 Å². The third-order valence-electron chi connectivity index (χ3n) is 3.45. The van der Waals surface area contributed by atoms with Crippen LogP contribution in [0.1, 0.15) is 13.0 Å². The molecule has 1 aliphatic rings. The maximum absolute atomic E-state index is 13.4. The van der Waals surface area contributed by atoms with Crippen molar-refractivity contribution in [3.8, 4) is 0 Å². The number of imide groups is 1. The summed E-state index contributed by atoms with van der Waals surface area (Å²) >= 11 is 5.95. The number of benzene rings is 1. The molecule has 3 amide bonds. The van der Waals surface area contributed by atoms with Gasteiger partial charge in [-0.3, -0.25) is 9.69 Å². The molecule has 0 saturated carbocycles. The van der Waals surface area contributed by atoms with Gasteiger partial charge in [-0.1, -0.05) is 19.0 Å². The predicted octanol–water partition coefficient (Wildman–Crippen LogP) is 2.69. The highest BCUT2D eigenvalue weighted by Crippen LogP contribution is 2.28. The van der Waals surface area contributed by atoms with Crippen molar-refractivity contribution in [1.82, 2.24) is 15.2 Å². The molecule has 0 spiro atoms. The van der Waals surface area contributed by atoms with E-state index in [0.29, 0.717) is 10.9 Å². The summed E-state index contributed by atoms with van der Waals surface area (Å²) in [6.07, 6.45) is 1.96. The molecule has 0 unspecified atom stereocenters. The first-order chi connectivity index (χ1) is 9.47. The number of rotatable bonds is 2. The standard InChI is InChI=1S/C13H11ClFN3O2.CH4/c1-18-12(19)10(17-13(18)20)2-6-5-16-11-8(6)3-7(15)4-9(11)14;/h3-5,10,16H,2H2,1H3,(H,17,20);1H4/t10-;/m1./s1.